The summed E-state index contributed by atoms with van der Waals surface area (Å²) in [5.41, 5.74) is 4.17. The fourth-order valence-corrected chi connectivity index (χ4v) is 4.96. The molecule has 2 fully saturated rings. The second-order valence-corrected chi connectivity index (χ2v) is 7.92. The number of para-hydroxylation sites is 1. The van der Waals surface area contributed by atoms with Crippen LogP contribution in [0.4, 0.5) is 0 Å². The molecule has 1 N–H and O–H groups in total. The van der Waals surface area contributed by atoms with Crippen LogP contribution in [-0.2, 0) is 12.8 Å². The molecule has 5 rings (SSSR count). The van der Waals surface area contributed by atoms with Crippen LogP contribution in [0.3, 0.4) is 0 Å². The molecule has 3 heterocycles. The number of amides is 1. The number of likely N-dealkylation sites (tertiary alicyclic amines) is 1. The third kappa shape index (κ3) is 3.27. The van der Waals surface area contributed by atoms with E-state index in [-0.39, 0.29) is 18.3 Å². The van der Waals surface area contributed by atoms with Crippen LogP contribution in [0.15, 0.2) is 30.3 Å². The van der Waals surface area contributed by atoms with E-state index in [0.717, 1.165) is 75.8 Å². The third-order valence-electron chi connectivity index (χ3n) is 6.44. The maximum absolute atomic E-state index is 13.3. The van der Waals surface area contributed by atoms with Gasteiger partial charge in [-0.2, -0.15) is 5.10 Å². The molecule has 0 spiro atoms. The van der Waals surface area contributed by atoms with E-state index in [1.165, 1.54) is 11.3 Å². The molecule has 2 aliphatic heterocycles. The van der Waals surface area contributed by atoms with Gasteiger partial charge in [0.15, 0.2) is 5.69 Å². The highest BCUT2D eigenvalue weighted by Crippen LogP contribution is 2.31. The fraction of sp³-hybridized carbons (Fsp3) is 0.524. The zero-order chi connectivity index (χ0) is 17.5. The monoisotopic (exact) mass is 386 g/mol. The summed E-state index contributed by atoms with van der Waals surface area (Å²) in [6, 6.07) is 10.2. The maximum Gasteiger partial charge on any atom is 0.274 e. The van der Waals surface area contributed by atoms with E-state index < -0.39 is 0 Å². The van der Waals surface area contributed by atoms with Gasteiger partial charge in [-0.15, -0.1) is 12.4 Å². The Morgan fingerprint density at radius 3 is 2.44 bits per heavy atom. The van der Waals surface area contributed by atoms with Crippen molar-refractivity contribution in [3.63, 3.8) is 0 Å². The first-order chi connectivity index (χ1) is 12.8. The lowest BCUT2D eigenvalue weighted by Gasteiger charge is -2.20. The van der Waals surface area contributed by atoms with Crippen LogP contribution in [0.5, 0.6) is 0 Å². The van der Waals surface area contributed by atoms with Crippen LogP contribution >= 0.6 is 12.4 Å². The van der Waals surface area contributed by atoms with E-state index >= 15 is 0 Å². The lowest BCUT2D eigenvalue weighted by atomic mass is 9.92. The summed E-state index contributed by atoms with van der Waals surface area (Å²) in [5.74, 6) is 1.62. The van der Waals surface area contributed by atoms with Gasteiger partial charge in [-0.25, -0.2) is 4.68 Å². The molecule has 1 aromatic carbocycles. The normalized spacial score (nSPS) is 24.1. The quantitative estimate of drug-likeness (QED) is 0.863. The number of nitrogens with zero attached hydrogens (tertiary/aromatic N) is 3. The van der Waals surface area contributed by atoms with Crippen molar-refractivity contribution in [3.8, 4) is 5.69 Å². The number of benzene rings is 1. The van der Waals surface area contributed by atoms with Crippen molar-refractivity contribution in [3.05, 3.63) is 47.3 Å². The molecule has 2 saturated heterocycles. The minimum atomic E-state index is 0. The van der Waals surface area contributed by atoms with Gasteiger partial charge >= 0.3 is 0 Å². The van der Waals surface area contributed by atoms with Gasteiger partial charge in [0.1, 0.15) is 0 Å². The zero-order valence-corrected chi connectivity index (χ0v) is 16.4. The van der Waals surface area contributed by atoms with Crippen molar-refractivity contribution >= 4 is 18.3 Å². The largest absolute Gasteiger partial charge is 0.337 e. The first kappa shape index (κ1) is 18.5. The third-order valence-corrected chi connectivity index (χ3v) is 6.44. The van der Waals surface area contributed by atoms with Crippen LogP contribution in [0.2, 0.25) is 0 Å². The Kier molecular flexibility index (Phi) is 5.24. The van der Waals surface area contributed by atoms with Gasteiger partial charge in [0, 0.05) is 24.3 Å². The van der Waals surface area contributed by atoms with Gasteiger partial charge in [-0.1, -0.05) is 18.2 Å². The van der Waals surface area contributed by atoms with Gasteiger partial charge in [-0.3, -0.25) is 4.79 Å². The van der Waals surface area contributed by atoms with Crippen molar-refractivity contribution < 1.29 is 4.79 Å². The Morgan fingerprint density at radius 1 is 1.04 bits per heavy atom. The van der Waals surface area contributed by atoms with E-state index in [0.29, 0.717) is 5.69 Å². The van der Waals surface area contributed by atoms with E-state index in [1.54, 1.807) is 0 Å². The molecular weight excluding hydrogens is 360 g/mol. The summed E-state index contributed by atoms with van der Waals surface area (Å²) < 4.78 is 2.01. The molecule has 27 heavy (non-hydrogen) atoms. The Labute approximate surface area is 166 Å². The van der Waals surface area contributed by atoms with Crippen LogP contribution in [0.1, 0.15) is 41.0 Å². The lowest BCUT2D eigenvalue weighted by Crippen LogP contribution is -2.33. The van der Waals surface area contributed by atoms with Crippen molar-refractivity contribution in [2.45, 2.75) is 32.1 Å². The number of fused-ring (bicyclic) bond motifs is 2. The predicted octanol–water partition coefficient (Wildman–Crippen LogP) is 2.85. The smallest absolute Gasteiger partial charge is 0.274 e. The van der Waals surface area contributed by atoms with Crippen molar-refractivity contribution in [2.75, 3.05) is 26.2 Å². The minimum absolute atomic E-state index is 0. The molecule has 1 aliphatic carbocycles. The molecule has 0 saturated carbocycles. The van der Waals surface area contributed by atoms with Gasteiger partial charge in [0.25, 0.3) is 5.91 Å². The average Bonchev–Trinajstić information content (AvgIpc) is 3.36. The topological polar surface area (TPSA) is 50.2 Å². The van der Waals surface area contributed by atoms with E-state index in [9.17, 15) is 4.79 Å². The summed E-state index contributed by atoms with van der Waals surface area (Å²) in [4.78, 5) is 15.4. The van der Waals surface area contributed by atoms with E-state index in [1.807, 2.05) is 22.9 Å². The second-order valence-electron chi connectivity index (χ2n) is 7.92. The van der Waals surface area contributed by atoms with Crippen molar-refractivity contribution in [1.29, 1.82) is 0 Å². The van der Waals surface area contributed by atoms with Gasteiger partial charge < -0.3 is 10.2 Å². The molecule has 0 bridgehead atoms. The highest BCUT2D eigenvalue weighted by molar-refractivity contribution is 5.94. The average molecular weight is 387 g/mol. The number of carbonyl (C=O) groups excluding carboxylic acids is 1. The SMILES string of the molecule is Cl.O=C(c1nn(-c2ccccc2)c2c1CCC2)N1CC[C@@H]2CNC[C@@H]2CC1. The van der Waals surface area contributed by atoms with Crippen LogP contribution in [-0.4, -0.2) is 46.8 Å². The molecule has 5 nitrogen and oxygen atoms in total. The number of hydrogen-bond donors (Lipinski definition) is 1. The Bertz CT molecular complexity index is 805. The van der Waals surface area contributed by atoms with Crippen molar-refractivity contribution in [2.24, 2.45) is 11.8 Å². The van der Waals surface area contributed by atoms with Crippen molar-refractivity contribution in [1.82, 2.24) is 20.0 Å². The summed E-state index contributed by atoms with van der Waals surface area (Å²) >= 11 is 0. The number of rotatable bonds is 2. The van der Waals surface area contributed by atoms with E-state index in [4.69, 9.17) is 5.10 Å². The maximum atomic E-state index is 13.3. The molecule has 2 atom stereocenters. The number of aromatic nitrogens is 2. The molecule has 1 amide bonds. The Morgan fingerprint density at radius 2 is 1.74 bits per heavy atom. The molecule has 6 heteroatoms. The number of nitrogens with one attached hydrogen (secondary N) is 1. The van der Waals surface area contributed by atoms with Gasteiger partial charge in [0.05, 0.1) is 5.69 Å². The summed E-state index contributed by atoms with van der Waals surface area (Å²) in [7, 11) is 0. The predicted molar refractivity (Wildman–Crippen MR) is 108 cm³/mol. The Balaban J connectivity index is 0.00000180. The lowest BCUT2D eigenvalue weighted by molar-refractivity contribution is 0.0751. The summed E-state index contributed by atoms with van der Waals surface area (Å²) in [6.45, 7) is 3.97. The highest BCUT2D eigenvalue weighted by Gasteiger charge is 2.34. The minimum Gasteiger partial charge on any atom is -0.337 e. The summed E-state index contributed by atoms with van der Waals surface area (Å²) in [6.07, 6.45) is 5.35. The standard InChI is InChI=1S/C21H26N4O.ClH/c26-21(24-11-9-15-13-22-14-16(15)10-12-24)20-18-7-4-8-19(18)25(23-20)17-5-2-1-3-6-17;/h1-3,5-6,15-16,22H,4,7-14H2;1H/t15-,16+;. The number of halogens is 1. The zero-order valence-electron chi connectivity index (χ0n) is 15.6. The molecule has 0 radical (unpaired) electrons. The highest BCUT2D eigenvalue weighted by atomic mass is 35.5. The number of hydrogen-bond acceptors (Lipinski definition) is 3. The first-order valence-electron chi connectivity index (χ1n) is 9.97. The molecular formula is C21H27ClN4O. The van der Waals surface area contributed by atoms with Crippen LogP contribution in [0, 0.1) is 11.8 Å². The molecule has 144 valence electrons. The molecule has 2 aromatic rings. The van der Waals surface area contributed by atoms with Gasteiger partial charge in [0.2, 0.25) is 0 Å². The fourth-order valence-electron chi connectivity index (χ4n) is 4.96. The number of carbonyl (C=O) groups is 1. The summed E-state index contributed by atoms with van der Waals surface area (Å²) in [5, 5.41) is 8.30. The van der Waals surface area contributed by atoms with Gasteiger partial charge in [-0.05, 0) is 69.2 Å². The molecule has 1 aromatic heterocycles. The van der Waals surface area contributed by atoms with Crippen LogP contribution in [0.25, 0.3) is 5.69 Å². The Hall–Kier alpha value is -1.85. The van der Waals surface area contributed by atoms with Crippen LogP contribution < -0.4 is 5.32 Å². The molecule has 3 aliphatic rings. The van der Waals surface area contributed by atoms with E-state index in [2.05, 4.69) is 22.3 Å². The first-order valence-corrected chi connectivity index (χ1v) is 9.97. The second kappa shape index (κ2) is 7.64. The molecule has 0 unspecified atom stereocenters.